The smallest absolute Gasteiger partial charge is 0.270 e. The van der Waals surface area contributed by atoms with E-state index in [1.54, 1.807) is 17.5 Å². The van der Waals surface area contributed by atoms with E-state index in [0.717, 1.165) is 36.5 Å². The molecule has 1 saturated heterocycles. The summed E-state index contributed by atoms with van der Waals surface area (Å²) in [6.07, 6.45) is 2.48. The van der Waals surface area contributed by atoms with Gasteiger partial charge < -0.3 is 10.2 Å². The molecule has 0 atom stereocenters. The summed E-state index contributed by atoms with van der Waals surface area (Å²) >= 11 is 7.28. The summed E-state index contributed by atoms with van der Waals surface area (Å²) in [5.41, 5.74) is 1.30. The van der Waals surface area contributed by atoms with E-state index >= 15 is 0 Å². The first-order chi connectivity index (χ1) is 11.6. The lowest BCUT2D eigenvalue weighted by molar-refractivity contribution is -0.129. The highest BCUT2D eigenvalue weighted by atomic mass is 35.5. The topological polar surface area (TPSA) is 62.3 Å². The maximum absolute atomic E-state index is 12.1. The lowest BCUT2D eigenvalue weighted by Crippen LogP contribution is -2.32. The highest BCUT2D eigenvalue weighted by Crippen LogP contribution is 2.25. The van der Waals surface area contributed by atoms with Crippen molar-refractivity contribution in [3.05, 3.63) is 40.4 Å². The van der Waals surface area contributed by atoms with Crippen molar-refractivity contribution in [1.29, 1.82) is 0 Å². The Bertz CT molecular complexity index is 724. The second-order valence-electron chi connectivity index (χ2n) is 5.64. The van der Waals surface area contributed by atoms with E-state index in [0.29, 0.717) is 23.7 Å². The number of rotatable bonds is 5. The van der Waals surface area contributed by atoms with Crippen LogP contribution in [-0.4, -0.2) is 41.3 Å². The molecule has 1 N–H and O–H groups in total. The third-order valence-electron chi connectivity index (χ3n) is 3.91. The second-order valence-corrected chi connectivity index (χ2v) is 6.93. The van der Waals surface area contributed by atoms with Crippen molar-refractivity contribution in [1.82, 2.24) is 15.2 Å². The van der Waals surface area contributed by atoms with Crippen LogP contribution in [0, 0.1) is 0 Å². The third-order valence-corrected chi connectivity index (χ3v) is 5.05. The van der Waals surface area contributed by atoms with Crippen LogP contribution in [0.15, 0.2) is 29.6 Å². The Labute approximate surface area is 149 Å². The zero-order valence-corrected chi connectivity index (χ0v) is 14.7. The molecule has 0 spiro atoms. The number of aromatic nitrogens is 1. The number of carbonyl (C=O) groups is 2. The summed E-state index contributed by atoms with van der Waals surface area (Å²) in [5, 5.41) is 5.92. The number of nitrogens with one attached hydrogen (secondary N) is 1. The summed E-state index contributed by atoms with van der Waals surface area (Å²) in [6, 6.07) is 7.33. The lowest BCUT2D eigenvalue weighted by Gasteiger charge is -2.14. The average Bonchev–Trinajstić information content (AvgIpc) is 3.27. The van der Waals surface area contributed by atoms with E-state index in [1.807, 2.05) is 17.0 Å². The van der Waals surface area contributed by atoms with Gasteiger partial charge in [0.2, 0.25) is 5.91 Å². The molecule has 0 unspecified atom stereocenters. The van der Waals surface area contributed by atoms with Crippen LogP contribution >= 0.6 is 22.9 Å². The van der Waals surface area contributed by atoms with Crippen LogP contribution < -0.4 is 5.32 Å². The number of nitrogens with zero attached hydrogens (tertiary/aromatic N) is 2. The number of halogens is 1. The number of hydrogen-bond donors (Lipinski definition) is 1. The predicted molar refractivity (Wildman–Crippen MR) is 95.3 cm³/mol. The van der Waals surface area contributed by atoms with E-state index in [4.69, 9.17) is 11.6 Å². The van der Waals surface area contributed by atoms with Crippen molar-refractivity contribution in [2.24, 2.45) is 0 Å². The van der Waals surface area contributed by atoms with E-state index in [9.17, 15) is 9.59 Å². The summed E-state index contributed by atoms with van der Waals surface area (Å²) in [6.45, 7) is 2.01. The van der Waals surface area contributed by atoms with Crippen molar-refractivity contribution in [2.75, 3.05) is 19.6 Å². The quantitative estimate of drug-likeness (QED) is 0.887. The molecule has 1 aromatic carbocycles. The molecule has 3 rings (SSSR count). The minimum Gasteiger partial charge on any atom is -0.350 e. The van der Waals surface area contributed by atoms with Gasteiger partial charge in [0.15, 0.2) is 0 Å². The van der Waals surface area contributed by atoms with Gasteiger partial charge in [-0.2, -0.15) is 0 Å². The summed E-state index contributed by atoms with van der Waals surface area (Å²) in [4.78, 5) is 30.3. The summed E-state index contributed by atoms with van der Waals surface area (Å²) in [5.74, 6) is -0.145. The molecule has 1 fully saturated rings. The van der Waals surface area contributed by atoms with Gasteiger partial charge in [-0.05, 0) is 25.0 Å². The molecule has 1 aliphatic rings. The molecule has 5 nitrogen and oxygen atoms in total. The first-order valence-electron chi connectivity index (χ1n) is 7.91. The highest BCUT2D eigenvalue weighted by Gasteiger charge is 2.18. The molecular formula is C17H18ClN3O2S. The molecule has 0 radical (unpaired) electrons. The normalized spacial score (nSPS) is 14.0. The second kappa shape index (κ2) is 7.77. The van der Waals surface area contributed by atoms with E-state index in [1.165, 1.54) is 11.3 Å². The first-order valence-corrected chi connectivity index (χ1v) is 9.17. The molecule has 2 aromatic rings. The molecule has 0 aliphatic carbocycles. The fourth-order valence-electron chi connectivity index (χ4n) is 2.60. The van der Waals surface area contributed by atoms with Gasteiger partial charge in [-0.3, -0.25) is 9.59 Å². The van der Waals surface area contributed by atoms with Crippen LogP contribution in [0.4, 0.5) is 0 Å². The maximum atomic E-state index is 12.1. The molecule has 126 valence electrons. The molecular weight excluding hydrogens is 346 g/mol. The minimum absolute atomic E-state index is 0.105. The van der Waals surface area contributed by atoms with E-state index in [-0.39, 0.29) is 11.8 Å². The zero-order chi connectivity index (χ0) is 16.9. The van der Waals surface area contributed by atoms with Crippen LogP contribution in [0.25, 0.3) is 10.6 Å². The van der Waals surface area contributed by atoms with Gasteiger partial charge in [0.25, 0.3) is 5.91 Å². The molecule has 7 heteroatoms. The van der Waals surface area contributed by atoms with Gasteiger partial charge in [0, 0.05) is 42.0 Å². The fourth-order valence-corrected chi connectivity index (χ4v) is 3.53. The molecule has 2 amide bonds. The number of likely N-dealkylation sites (tertiary alicyclic amines) is 1. The van der Waals surface area contributed by atoms with E-state index in [2.05, 4.69) is 10.3 Å². The number of carbonyl (C=O) groups excluding carboxylic acids is 2. The van der Waals surface area contributed by atoms with Crippen molar-refractivity contribution >= 4 is 34.8 Å². The first kappa shape index (κ1) is 16.9. The maximum Gasteiger partial charge on any atom is 0.270 e. The van der Waals surface area contributed by atoms with Gasteiger partial charge in [-0.1, -0.05) is 23.7 Å². The number of amides is 2. The Morgan fingerprint density at radius 2 is 1.92 bits per heavy atom. The molecule has 1 aromatic heterocycles. The standard InChI is InChI=1S/C17H18ClN3O2S/c18-13-5-3-12(4-6-13)17-20-14(11-24-17)16(23)19-8-7-15(22)21-9-1-2-10-21/h3-6,11H,1-2,7-10H2,(H,19,23). The number of thiazole rings is 1. The molecule has 1 aliphatic heterocycles. The van der Waals surface area contributed by atoms with Crippen molar-refractivity contribution in [3.8, 4) is 10.6 Å². The van der Waals surface area contributed by atoms with Crippen molar-refractivity contribution in [2.45, 2.75) is 19.3 Å². The van der Waals surface area contributed by atoms with Gasteiger partial charge in [-0.25, -0.2) is 4.98 Å². The molecule has 0 saturated carbocycles. The molecule has 2 heterocycles. The van der Waals surface area contributed by atoms with Gasteiger partial charge in [0.05, 0.1) is 0 Å². The van der Waals surface area contributed by atoms with Crippen molar-refractivity contribution in [3.63, 3.8) is 0 Å². The Balaban J connectivity index is 1.52. The predicted octanol–water partition coefficient (Wildman–Crippen LogP) is 3.21. The van der Waals surface area contributed by atoms with Gasteiger partial charge in [0.1, 0.15) is 10.7 Å². The number of hydrogen-bond acceptors (Lipinski definition) is 4. The average molecular weight is 364 g/mol. The SMILES string of the molecule is O=C(NCCC(=O)N1CCCC1)c1csc(-c2ccc(Cl)cc2)n1. The van der Waals surface area contributed by atoms with Gasteiger partial charge in [-0.15, -0.1) is 11.3 Å². The minimum atomic E-state index is -0.249. The van der Waals surface area contributed by atoms with Crippen LogP contribution in [0.5, 0.6) is 0 Å². The molecule has 24 heavy (non-hydrogen) atoms. The van der Waals surface area contributed by atoms with Crippen LogP contribution in [0.3, 0.4) is 0 Å². The van der Waals surface area contributed by atoms with Crippen LogP contribution in [-0.2, 0) is 4.79 Å². The third kappa shape index (κ3) is 4.13. The largest absolute Gasteiger partial charge is 0.350 e. The van der Waals surface area contributed by atoms with Crippen LogP contribution in [0.2, 0.25) is 5.02 Å². The number of benzene rings is 1. The summed E-state index contributed by atoms with van der Waals surface area (Å²) in [7, 11) is 0. The lowest BCUT2D eigenvalue weighted by atomic mass is 10.2. The Morgan fingerprint density at radius 3 is 2.62 bits per heavy atom. The summed E-state index contributed by atoms with van der Waals surface area (Å²) < 4.78 is 0. The Hall–Kier alpha value is -1.92. The molecule has 0 bridgehead atoms. The Morgan fingerprint density at radius 1 is 1.21 bits per heavy atom. The van der Waals surface area contributed by atoms with E-state index < -0.39 is 0 Å². The zero-order valence-electron chi connectivity index (χ0n) is 13.1. The van der Waals surface area contributed by atoms with Gasteiger partial charge >= 0.3 is 0 Å². The Kier molecular flexibility index (Phi) is 5.48. The van der Waals surface area contributed by atoms with Crippen molar-refractivity contribution < 1.29 is 9.59 Å². The monoisotopic (exact) mass is 363 g/mol. The highest BCUT2D eigenvalue weighted by molar-refractivity contribution is 7.13. The van der Waals surface area contributed by atoms with Crippen LogP contribution in [0.1, 0.15) is 29.8 Å². The fraction of sp³-hybridized carbons (Fsp3) is 0.353.